The van der Waals surface area contributed by atoms with Crippen molar-refractivity contribution < 1.29 is 13.5 Å². The first-order valence-corrected chi connectivity index (χ1v) is 6.59. The summed E-state index contributed by atoms with van der Waals surface area (Å²) < 4.78 is 25.7. The van der Waals surface area contributed by atoms with Crippen molar-refractivity contribution in [3.05, 3.63) is 17.0 Å². The summed E-state index contributed by atoms with van der Waals surface area (Å²) in [4.78, 5) is 0.879. The minimum absolute atomic E-state index is 0.0429. The first kappa shape index (κ1) is 11.6. The standard InChI is InChI=1S/C8H13NO3S2/c1-2-9-14(11,12)8-4-3-7(13-8)5-6-10/h3-4,9-10H,2,5-6H2,1H3. The van der Waals surface area contributed by atoms with Gasteiger partial charge in [0.05, 0.1) is 0 Å². The van der Waals surface area contributed by atoms with Crippen LogP contribution in [0.25, 0.3) is 0 Å². The van der Waals surface area contributed by atoms with Gasteiger partial charge in [-0.05, 0) is 12.1 Å². The van der Waals surface area contributed by atoms with Gasteiger partial charge in [0.1, 0.15) is 4.21 Å². The first-order valence-electron chi connectivity index (χ1n) is 4.29. The van der Waals surface area contributed by atoms with E-state index < -0.39 is 10.0 Å². The monoisotopic (exact) mass is 235 g/mol. The second-order valence-electron chi connectivity index (χ2n) is 2.70. The SMILES string of the molecule is CCNS(=O)(=O)c1ccc(CCO)s1. The fourth-order valence-corrected chi connectivity index (χ4v) is 3.44. The predicted molar refractivity (Wildman–Crippen MR) is 56.0 cm³/mol. The number of rotatable bonds is 5. The zero-order chi connectivity index (χ0) is 10.6. The average Bonchev–Trinajstić information content (AvgIpc) is 2.54. The van der Waals surface area contributed by atoms with Gasteiger partial charge in [-0.1, -0.05) is 6.92 Å². The maximum atomic E-state index is 11.5. The van der Waals surface area contributed by atoms with Crippen molar-refractivity contribution in [2.24, 2.45) is 0 Å². The van der Waals surface area contributed by atoms with Crippen molar-refractivity contribution in [3.63, 3.8) is 0 Å². The smallest absolute Gasteiger partial charge is 0.250 e. The lowest BCUT2D eigenvalue weighted by Gasteiger charge is -1.99. The third-order valence-electron chi connectivity index (χ3n) is 1.59. The summed E-state index contributed by atoms with van der Waals surface area (Å²) in [5, 5.41) is 8.68. The van der Waals surface area contributed by atoms with Crippen LogP contribution in [0.5, 0.6) is 0 Å². The topological polar surface area (TPSA) is 66.4 Å². The molecule has 0 saturated heterocycles. The number of aliphatic hydroxyl groups is 1. The Bertz CT molecular complexity index is 383. The second-order valence-corrected chi connectivity index (χ2v) is 5.86. The lowest BCUT2D eigenvalue weighted by molar-refractivity contribution is 0.300. The van der Waals surface area contributed by atoms with Crippen molar-refractivity contribution >= 4 is 21.4 Å². The van der Waals surface area contributed by atoms with E-state index in [1.165, 1.54) is 11.3 Å². The molecule has 0 fully saturated rings. The largest absolute Gasteiger partial charge is 0.396 e. The molecule has 0 radical (unpaired) electrons. The fourth-order valence-electron chi connectivity index (χ4n) is 1.01. The van der Waals surface area contributed by atoms with Crippen molar-refractivity contribution in [1.82, 2.24) is 4.72 Å². The van der Waals surface area contributed by atoms with Gasteiger partial charge in [-0.3, -0.25) is 0 Å². The third kappa shape index (κ3) is 2.78. The number of sulfonamides is 1. The molecule has 1 aromatic heterocycles. The highest BCUT2D eigenvalue weighted by atomic mass is 32.2. The summed E-state index contributed by atoms with van der Waals surface area (Å²) in [6, 6.07) is 3.29. The molecule has 2 N–H and O–H groups in total. The molecular formula is C8H13NO3S2. The molecule has 0 spiro atoms. The van der Waals surface area contributed by atoms with E-state index in [4.69, 9.17) is 5.11 Å². The molecule has 0 aliphatic rings. The van der Waals surface area contributed by atoms with Crippen molar-refractivity contribution in [1.29, 1.82) is 0 Å². The lowest BCUT2D eigenvalue weighted by Crippen LogP contribution is -2.22. The van der Waals surface area contributed by atoms with Gasteiger partial charge in [-0.25, -0.2) is 13.1 Å². The van der Waals surface area contributed by atoms with E-state index >= 15 is 0 Å². The Morgan fingerprint density at radius 3 is 2.79 bits per heavy atom. The van der Waals surface area contributed by atoms with Crippen LogP contribution in [0.4, 0.5) is 0 Å². The summed E-state index contributed by atoms with van der Waals surface area (Å²) >= 11 is 1.19. The Morgan fingerprint density at radius 2 is 2.21 bits per heavy atom. The highest BCUT2D eigenvalue weighted by molar-refractivity contribution is 7.91. The molecule has 0 atom stereocenters. The Labute approximate surface area is 87.6 Å². The van der Waals surface area contributed by atoms with Crippen molar-refractivity contribution in [2.45, 2.75) is 17.6 Å². The van der Waals surface area contributed by atoms with Gasteiger partial charge in [-0.15, -0.1) is 11.3 Å². The highest BCUT2D eigenvalue weighted by Crippen LogP contribution is 2.21. The molecule has 14 heavy (non-hydrogen) atoms. The van der Waals surface area contributed by atoms with Gasteiger partial charge < -0.3 is 5.11 Å². The zero-order valence-electron chi connectivity index (χ0n) is 7.86. The molecule has 6 heteroatoms. The van der Waals surface area contributed by atoms with Crippen molar-refractivity contribution in [3.8, 4) is 0 Å². The van der Waals surface area contributed by atoms with Gasteiger partial charge >= 0.3 is 0 Å². The molecule has 0 aromatic carbocycles. The molecule has 1 aromatic rings. The summed E-state index contributed by atoms with van der Waals surface area (Å²) in [5.74, 6) is 0. The maximum Gasteiger partial charge on any atom is 0.250 e. The van der Waals surface area contributed by atoms with E-state index in [-0.39, 0.29) is 6.61 Å². The molecule has 0 saturated carbocycles. The molecule has 0 aliphatic heterocycles. The number of nitrogens with one attached hydrogen (secondary N) is 1. The van der Waals surface area contributed by atoms with Crippen LogP contribution in [0.2, 0.25) is 0 Å². The number of thiophene rings is 1. The van der Waals surface area contributed by atoms with Crippen LogP contribution >= 0.6 is 11.3 Å². The summed E-state index contributed by atoms with van der Waals surface area (Å²) in [6.07, 6.45) is 0.506. The van der Waals surface area contributed by atoms with E-state index in [0.717, 1.165) is 4.88 Å². The van der Waals surface area contributed by atoms with Crippen molar-refractivity contribution in [2.75, 3.05) is 13.2 Å². The first-order chi connectivity index (χ1) is 6.60. The molecule has 1 rings (SSSR count). The predicted octanol–water partition coefficient (Wildman–Crippen LogP) is 0.581. The van der Waals surface area contributed by atoms with E-state index in [1.54, 1.807) is 19.1 Å². The van der Waals surface area contributed by atoms with Gasteiger partial charge in [0.25, 0.3) is 0 Å². The van der Waals surface area contributed by atoms with Crippen LogP contribution in [-0.2, 0) is 16.4 Å². The quantitative estimate of drug-likeness (QED) is 0.784. The summed E-state index contributed by atoms with van der Waals surface area (Å²) in [7, 11) is -3.32. The molecule has 80 valence electrons. The van der Waals surface area contributed by atoms with Gasteiger partial charge in [-0.2, -0.15) is 0 Å². The minimum Gasteiger partial charge on any atom is -0.396 e. The van der Waals surface area contributed by atoms with Gasteiger partial charge in [0.2, 0.25) is 10.0 Å². The van der Waals surface area contributed by atoms with E-state index in [2.05, 4.69) is 4.72 Å². The van der Waals surface area contributed by atoms with E-state index in [0.29, 0.717) is 17.2 Å². The highest BCUT2D eigenvalue weighted by Gasteiger charge is 2.14. The Kier molecular flexibility index (Phi) is 4.06. The van der Waals surface area contributed by atoms with Crippen LogP contribution in [-0.4, -0.2) is 26.7 Å². The van der Waals surface area contributed by atoms with E-state index in [9.17, 15) is 8.42 Å². The third-order valence-corrected chi connectivity index (χ3v) is 4.78. The van der Waals surface area contributed by atoms with E-state index in [1.807, 2.05) is 0 Å². The second kappa shape index (κ2) is 4.88. The molecule has 4 nitrogen and oxygen atoms in total. The van der Waals surface area contributed by atoms with Crippen LogP contribution in [0, 0.1) is 0 Å². The Balaban J connectivity index is 2.86. The number of aliphatic hydroxyl groups excluding tert-OH is 1. The van der Waals surface area contributed by atoms with Crippen LogP contribution in [0.1, 0.15) is 11.8 Å². The molecule has 0 unspecified atom stereocenters. The van der Waals surface area contributed by atoms with Crippen LogP contribution in [0.15, 0.2) is 16.3 Å². The summed E-state index contributed by atoms with van der Waals surface area (Å²) in [5.41, 5.74) is 0. The molecule has 0 bridgehead atoms. The summed E-state index contributed by atoms with van der Waals surface area (Å²) in [6.45, 7) is 2.16. The minimum atomic E-state index is -3.32. The Morgan fingerprint density at radius 1 is 1.50 bits per heavy atom. The van der Waals surface area contributed by atoms with Gasteiger partial charge in [0.15, 0.2) is 0 Å². The normalized spacial score (nSPS) is 11.9. The lowest BCUT2D eigenvalue weighted by atomic mass is 10.4. The maximum absolute atomic E-state index is 11.5. The average molecular weight is 235 g/mol. The molecule has 0 aliphatic carbocycles. The number of hydrogen-bond donors (Lipinski definition) is 2. The molecular weight excluding hydrogens is 222 g/mol. The van der Waals surface area contributed by atoms with Crippen LogP contribution < -0.4 is 4.72 Å². The Hall–Kier alpha value is -0.430. The van der Waals surface area contributed by atoms with Crippen LogP contribution in [0.3, 0.4) is 0 Å². The fraction of sp³-hybridized carbons (Fsp3) is 0.500. The molecule has 0 amide bonds. The van der Waals surface area contributed by atoms with Gasteiger partial charge in [0, 0.05) is 24.4 Å². The zero-order valence-corrected chi connectivity index (χ0v) is 9.49. The molecule has 1 heterocycles. The number of hydrogen-bond acceptors (Lipinski definition) is 4.